The summed E-state index contributed by atoms with van der Waals surface area (Å²) in [6.07, 6.45) is 1.93. The molecule has 3 rings (SSSR count). The minimum Gasteiger partial charge on any atom is -0.477 e. The second kappa shape index (κ2) is 4.99. The number of carboxylic acids is 1. The fourth-order valence-corrected chi connectivity index (χ4v) is 3.35. The van der Waals surface area contributed by atoms with E-state index in [1.165, 1.54) is 0 Å². The van der Waals surface area contributed by atoms with Gasteiger partial charge in [-0.25, -0.2) is 4.79 Å². The third-order valence-corrected chi connectivity index (χ3v) is 4.13. The number of hydrogen-bond acceptors (Lipinski definition) is 1. The molecule has 1 aromatic carbocycles. The second-order valence-electron chi connectivity index (χ2n) is 4.75. The van der Waals surface area contributed by atoms with Crippen molar-refractivity contribution in [3.8, 4) is 11.3 Å². The molecule has 20 heavy (non-hydrogen) atoms. The normalized spacial score (nSPS) is 14.6. The minimum atomic E-state index is -0.954. The minimum absolute atomic E-state index is 0.203. The molecular formula is C14H10Cl3NO2. The molecule has 3 nitrogen and oxygen atoms in total. The van der Waals surface area contributed by atoms with Gasteiger partial charge >= 0.3 is 5.97 Å². The van der Waals surface area contributed by atoms with E-state index in [1.807, 2.05) is 0 Å². The van der Waals surface area contributed by atoms with Gasteiger partial charge in [-0.05, 0) is 37.1 Å². The summed E-state index contributed by atoms with van der Waals surface area (Å²) >= 11 is 18.4. The van der Waals surface area contributed by atoms with Crippen LogP contribution < -0.4 is 0 Å². The van der Waals surface area contributed by atoms with Gasteiger partial charge in [0.25, 0.3) is 0 Å². The highest BCUT2D eigenvalue weighted by Gasteiger charge is 2.31. The third kappa shape index (κ3) is 2.30. The summed E-state index contributed by atoms with van der Waals surface area (Å²) in [5, 5.41) is 10.6. The lowest BCUT2D eigenvalue weighted by Gasteiger charge is -2.13. The summed E-state index contributed by atoms with van der Waals surface area (Å²) in [6.45, 7) is 0. The van der Waals surface area contributed by atoms with Gasteiger partial charge in [0.2, 0.25) is 0 Å². The van der Waals surface area contributed by atoms with Crippen molar-refractivity contribution >= 4 is 40.8 Å². The lowest BCUT2D eigenvalue weighted by molar-refractivity contribution is 0.0685. The summed E-state index contributed by atoms with van der Waals surface area (Å²) in [6, 6.07) is 6.73. The summed E-state index contributed by atoms with van der Waals surface area (Å²) in [7, 11) is 0. The number of carbonyl (C=O) groups is 1. The van der Waals surface area contributed by atoms with E-state index in [-0.39, 0.29) is 11.7 Å². The number of hydrogen-bond donors (Lipinski definition) is 1. The van der Waals surface area contributed by atoms with Crippen molar-refractivity contribution in [1.29, 1.82) is 0 Å². The van der Waals surface area contributed by atoms with Crippen molar-refractivity contribution in [2.45, 2.75) is 18.9 Å². The molecule has 0 amide bonds. The van der Waals surface area contributed by atoms with Crippen LogP contribution in [0.25, 0.3) is 11.3 Å². The maximum atomic E-state index is 11.3. The van der Waals surface area contributed by atoms with Gasteiger partial charge in [0.15, 0.2) is 0 Å². The quantitative estimate of drug-likeness (QED) is 0.845. The Balaban J connectivity index is 2.23. The Morgan fingerprint density at radius 2 is 1.75 bits per heavy atom. The average Bonchev–Trinajstić information content (AvgIpc) is 3.08. The van der Waals surface area contributed by atoms with Crippen LogP contribution in [-0.4, -0.2) is 15.6 Å². The molecule has 1 fully saturated rings. The van der Waals surface area contributed by atoms with Crippen LogP contribution in [0.4, 0.5) is 0 Å². The lowest BCUT2D eigenvalue weighted by atomic mass is 10.1. The van der Waals surface area contributed by atoms with E-state index >= 15 is 0 Å². The Kier molecular flexibility index (Phi) is 3.44. The molecule has 1 aliphatic carbocycles. The van der Waals surface area contributed by atoms with Crippen LogP contribution in [0.2, 0.25) is 15.1 Å². The topological polar surface area (TPSA) is 42.2 Å². The smallest absolute Gasteiger partial charge is 0.352 e. The Hall–Kier alpha value is -1.16. The molecule has 1 heterocycles. The zero-order valence-electron chi connectivity index (χ0n) is 10.2. The molecule has 0 spiro atoms. The van der Waals surface area contributed by atoms with Gasteiger partial charge in [-0.3, -0.25) is 0 Å². The monoisotopic (exact) mass is 329 g/mol. The Labute approximate surface area is 130 Å². The van der Waals surface area contributed by atoms with Crippen molar-refractivity contribution in [2.24, 2.45) is 0 Å². The first-order chi connectivity index (χ1) is 9.49. The maximum absolute atomic E-state index is 11.3. The van der Waals surface area contributed by atoms with E-state index in [2.05, 4.69) is 0 Å². The van der Waals surface area contributed by atoms with Crippen LogP contribution >= 0.6 is 34.8 Å². The van der Waals surface area contributed by atoms with Crippen LogP contribution in [0, 0.1) is 0 Å². The zero-order chi connectivity index (χ0) is 14.4. The number of nitrogens with zero attached hydrogens (tertiary/aromatic N) is 1. The molecule has 1 aromatic heterocycles. The first kappa shape index (κ1) is 13.8. The van der Waals surface area contributed by atoms with Crippen molar-refractivity contribution in [3.63, 3.8) is 0 Å². The molecule has 0 atom stereocenters. The van der Waals surface area contributed by atoms with E-state index in [0.717, 1.165) is 18.5 Å². The summed E-state index contributed by atoms with van der Waals surface area (Å²) in [5.41, 5.74) is 1.60. The first-order valence-corrected chi connectivity index (χ1v) is 7.22. The van der Waals surface area contributed by atoms with Gasteiger partial charge in [-0.2, -0.15) is 0 Å². The van der Waals surface area contributed by atoms with Crippen molar-refractivity contribution in [2.75, 3.05) is 0 Å². The van der Waals surface area contributed by atoms with Crippen molar-refractivity contribution in [1.82, 2.24) is 4.57 Å². The number of carboxylic acid groups (broad SMARTS) is 1. The highest BCUT2D eigenvalue weighted by molar-refractivity contribution is 6.41. The van der Waals surface area contributed by atoms with E-state index in [1.54, 1.807) is 28.8 Å². The maximum Gasteiger partial charge on any atom is 0.352 e. The molecule has 0 radical (unpaired) electrons. The molecule has 0 saturated heterocycles. The van der Waals surface area contributed by atoms with E-state index in [4.69, 9.17) is 34.8 Å². The molecule has 6 heteroatoms. The predicted molar refractivity (Wildman–Crippen MR) is 80.1 cm³/mol. The zero-order valence-corrected chi connectivity index (χ0v) is 12.5. The molecule has 0 bridgehead atoms. The summed E-state index contributed by atoms with van der Waals surface area (Å²) in [5.74, 6) is -0.954. The van der Waals surface area contributed by atoms with E-state index in [9.17, 15) is 9.90 Å². The lowest BCUT2D eigenvalue weighted by Crippen LogP contribution is -2.08. The Morgan fingerprint density at radius 1 is 1.15 bits per heavy atom. The number of aromatic nitrogens is 1. The van der Waals surface area contributed by atoms with Crippen molar-refractivity contribution in [3.05, 3.63) is 45.0 Å². The van der Waals surface area contributed by atoms with Crippen LogP contribution in [-0.2, 0) is 0 Å². The molecule has 2 aromatic rings. The number of halogens is 3. The number of benzene rings is 1. The molecule has 0 unspecified atom stereocenters. The second-order valence-corrected chi connectivity index (χ2v) is 6.01. The largest absolute Gasteiger partial charge is 0.477 e. The fourth-order valence-electron chi connectivity index (χ4n) is 2.34. The van der Waals surface area contributed by atoms with Crippen molar-refractivity contribution < 1.29 is 9.90 Å². The van der Waals surface area contributed by atoms with Gasteiger partial charge < -0.3 is 9.67 Å². The van der Waals surface area contributed by atoms with Gasteiger partial charge in [0.1, 0.15) is 5.69 Å². The van der Waals surface area contributed by atoms with Crippen LogP contribution in [0.1, 0.15) is 29.4 Å². The fraction of sp³-hybridized carbons (Fsp3) is 0.214. The average molecular weight is 331 g/mol. The molecule has 1 N–H and O–H groups in total. The molecule has 1 saturated carbocycles. The van der Waals surface area contributed by atoms with E-state index in [0.29, 0.717) is 20.6 Å². The SMILES string of the molecule is O=C(O)c1ccc(-c2c(Cl)cc(Cl)cc2Cl)n1C1CC1. The van der Waals surface area contributed by atoms with Gasteiger partial charge in [-0.15, -0.1) is 0 Å². The van der Waals surface area contributed by atoms with E-state index < -0.39 is 5.97 Å². The van der Waals surface area contributed by atoms with Crippen LogP contribution in [0.15, 0.2) is 24.3 Å². The summed E-state index contributed by atoms with van der Waals surface area (Å²) < 4.78 is 1.79. The number of aromatic carboxylic acids is 1. The Bertz CT molecular complexity index is 681. The summed E-state index contributed by atoms with van der Waals surface area (Å²) in [4.78, 5) is 11.3. The first-order valence-electron chi connectivity index (χ1n) is 6.08. The molecule has 1 aliphatic rings. The molecular weight excluding hydrogens is 321 g/mol. The van der Waals surface area contributed by atoms with Gasteiger partial charge in [0.05, 0.1) is 15.7 Å². The predicted octanol–water partition coefficient (Wildman–Crippen LogP) is 5.15. The molecule has 0 aliphatic heterocycles. The Morgan fingerprint density at radius 3 is 2.25 bits per heavy atom. The highest BCUT2D eigenvalue weighted by Crippen LogP contribution is 2.44. The number of rotatable bonds is 3. The molecule has 104 valence electrons. The highest BCUT2D eigenvalue weighted by atomic mass is 35.5. The third-order valence-electron chi connectivity index (χ3n) is 3.31. The van der Waals surface area contributed by atoms with Crippen LogP contribution in [0.3, 0.4) is 0 Å². The van der Waals surface area contributed by atoms with Gasteiger partial charge in [0, 0.05) is 16.6 Å². The standard InChI is InChI=1S/C14H10Cl3NO2/c15-7-5-9(16)13(10(17)6-7)11-3-4-12(14(19)20)18(11)8-1-2-8/h3-6,8H,1-2H2,(H,19,20). The van der Waals surface area contributed by atoms with Crippen LogP contribution in [0.5, 0.6) is 0 Å². The van der Waals surface area contributed by atoms with Gasteiger partial charge in [-0.1, -0.05) is 34.8 Å².